The Hall–Kier alpha value is -1.27. The molecule has 0 radical (unpaired) electrons. The zero-order chi connectivity index (χ0) is 23.5. The fourth-order valence-corrected chi connectivity index (χ4v) is 4.63. The van der Waals surface area contributed by atoms with Gasteiger partial charge >= 0.3 is 6.09 Å². The molecule has 6 heteroatoms. The Morgan fingerprint density at radius 1 is 0.938 bits per heavy atom. The number of nitrogens with zero attached hydrogens (tertiary/aromatic N) is 1. The predicted octanol–water partition coefficient (Wildman–Crippen LogP) is 7.08. The molecule has 0 saturated carbocycles. The fourth-order valence-electron chi connectivity index (χ4n) is 3.86. The van der Waals surface area contributed by atoms with Crippen molar-refractivity contribution in [3.8, 4) is 0 Å². The number of allylic oxidation sites excluding steroid dienone is 4. The van der Waals surface area contributed by atoms with E-state index in [1.165, 1.54) is 80.9 Å². The summed E-state index contributed by atoms with van der Waals surface area (Å²) in [7, 11) is 0. The molecule has 184 valence electrons. The van der Waals surface area contributed by atoms with Gasteiger partial charge in [0.1, 0.15) is 0 Å². The molecule has 1 aliphatic heterocycles. The molecule has 1 heterocycles. The zero-order valence-corrected chi connectivity index (χ0v) is 21.2. The van der Waals surface area contributed by atoms with Crippen molar-refractivity contribution < 1.29 is 19.4 Å². The molecule has 0 aromatic carbocycles. The van der Waals surface area contributed by atoms with E-state index in [0.717, 1.165) is 12.8 Å². The highest BCUT2D eigenvalue weighted by molar-refractivity contribution is 8.13. The number of carboxylic acid groups (broad SMARTS) is 1. The Balaban J connectivity index is 1.95. The number of carbonyl (C=O) groups excluding carboxylic acids is 1. The summed E-state index contributed by atoms with van der Waals surface area (Å²) in [5, 5.41) is 9.15. The minimum absolute atomic E-state index is 0.0725. The van der Waals surface area contributed by atoms with E-state index in [-0.39, 0.29) is 10.5 Å². The fraction of sp³-hybridized carbons (Fsp3) is 0.769. The molecule has 1 saturated heterocycles. The number of carbonyl (C=O) groups is 2. The first-order chi connectivity index (χ1) is 15.5. The molecule has 0 aromatic rings. The second-order valence-corrected chi connectivity index (χ2v) is 10.2. The van der Waals surface area contributed by atoms with Crippen molar-refractivity contribution >= 4 is 23.0 Å². The highest BCUT2D eigenvalue weighted by Crippen LogP contribution is 2.34. The van der Waals surface area contributed by atoms with Gasteiger partial charge in [0, 0.05) is 37.8 Å². The summed E-state index contributed by atoms with van der Waals surface area (Å²) in [6.45, 7) is 5.98. The van der Waals surface area contributed by atoms with Crippen LogP contribution >= 0.6 is 11.8 Å². The number of hydrogen-bond acceptors (Lipinski definition) is 4. The molecule has 1 aliphatic rings. The Morgan fingerprint density at radius 2 is 1.53 bits per heavy atom. The van der Waals surface area contributed by atoms with Crippen LogP contribution in [0.2, 0.25) is 0 Å². The van der Waals surface area contributed by atoms with Crippen LogP contribution in [0.25, 0.3) is 0 Å². The standard InChI is InChI=1S/C26H45NO4S/c1-3-4-5-6-7-8-9-10-11-12-13-14-15-16-17-18-19-31-22-26(23-32-24(2)28)20-27(21-26)25(29)30/h7-8,10-11H,3-6,9,12-23H2,1-2H3,(H,29,30)/b8-7-,11-10-. The van der Waals surface area contributed by atoms with Crippen molar-refractivity contribution in [2.75, 3.05) is 32.1 Å². The molecule has 0 aromatic heterocycles. The zero-order valence-electron chi connectivity index (χ0n) is 20.4. The van der Waals surface area contributed by atoms with Crippen LogP contribution in [0.4, 0.5) is 4.79 Å². The van der Waals surface area contributed by atoms with E-state index >= 15 is 0 Å². The van der Waals surface area contributed by atoms with Crippen molar-refractivity contribution in [2.24, 2.45) is 5.41 Å². The summed E-state index contributed by atoms with van der Waals surface area (Å²) in [6.07, 6.45) is 23.0. The van der Waals surface area contributed by atoms with Gasteiger partial charge in [0.05, 0.1) is 6.61 Å². The number of hydrogen-bond donors (Lipinski definition) is 1. The van der Waals surface area contributed by atoms with E-state index < -0.39 is 6.09 Å². The van der Waals surface area contributed by atoms with E-state index in [1.807, 2.05) is 0 Å². The maximum atomic E-state index is 11.3. The molecule has 1 rings (SSSR count). The summed E-state index contributed by atoms with van der Waals surface area (Å²) in [6, 6.07) is 0. The van der Waals surface area contributed by atoms with Crippen LogP contribution < -0.4 is 0 Å². The average Bonchev–Trinajstić information content (AvgIpc) is 2.73. The smallest absolute Gasteiger partial charge is 0.407 e. The van der Waals surface area contributed by atoms with Gasteiger partial charge in [0.25, 0.3) is 0 Å². The van der Waals surface area contributed by atoms with Crippen LogP contribution in [-0.2, 0) is 9.53 Å². The highest BCUT2D eigenvalue weighted by atomic mass is 32.2. The largest absolute Gasteiger partial charge is 0.465 e. The van der Waals surface area contributed by atoms with Crippen molar-refractivity contribution in [1.29, 1.82) is 0 Å². The second kappa shape index (κ2) is 18.2. The topological polar surface area (TPSA) is 66.8 Å². The lowest BCUT2D eigenvalue weighted by atomic mass is 9.83. The third kappa shape index (κ3) is 14.0. The molecule has 1 amide bonds. The maximum Gasteiger partial charge on any atom is 0.407 e. The summed E-state index contributed by atoms with van der Waals surface area (Å²) in [5.74, 6) is 0.635. The number of thioether (sulfide) groups is 1. The van der Waals surface area contributed by atoms with Crippen LogP contribution in [-0.4, -0.2) is 53.3 Å². The van der Waals surface area contributed by atoms with Gasteiger partial charge < -0.3 is 14.7 Å². The molecular formula is C26H45NO4S. The molecule has 1 fully saturated rings. The molecular weight excluding hydrogens is 422 g/mol. The van der Waals surface area contributed by atoms with Crippen LogP contribution in [0.3, 0.4) is 0 Å². The molecule has 1 N–H and O–H groups in total. The van der Waals surface area contributed by atoms with Crippen LogP contribution in [0.5, 0.6) is 0 Å². The summed E-state index contributed by atoms with van der Waals surface area (Å²) >= 11 is 1.27. The normalized spacial score (nSPS) is 15.5. The molecule has 0 aliphatic carbocycles. The van der Waals surface area contributed by atoms with E-state index in [1.54, 1.807) is 6.92 Å². The van der Waals surface area contributed by atoms with Gasteiger partial charge in [-0.25, -0.2) is 4.79 Å². The number of unbranched alkanes of at least 4 members (excludes halogenated alkanes) is 9. The average molecular weight is 468 g/mol. The molecule has 5 nitrogen and oxygen atoms in total. The van der Waals surface area contributed by atoms with Crippen molar-refractivity contribution in [1.82, 2.24) is 4.90 Å². The van der Waals surface area contributed by atoms with E-state index in [2.05, 4.69) is 31.2 Å². The van der Waals surface area contributed by atoms with Gasteiger partial charge in [-0.05, 0) is 38.5 Å². The van der Waals surface area contributed by atoms with Gasteiger partial charge in [-0.3, -0.25) is 4.79 Å². The number of rotatable bonds is 19. The first-order valence-corrected chi connectivity index (χ1v) is 13.5. The lowest BCUT2D eigenvalue weighted by Gasteiger charge is -2.48. The second-order valence-electron chi connectivity index (χ2n) is 9.06. The molecule has 0 bridgehead atoms. The Labute approximate surface area is 200 Å². The Morgan fingerprint density at radius 3 is 2.12 bits per heavy atom. The van der Waals surface area contributed by atoms with Crippen LogP contribution in [0.15, 0.2) is 24.3 Å². The minimum Gasteiger partial charge on any atom is -0.465 e. The monoisotopic (exact) mass is 467 g/mol. The van der Waals surface area contributed by atoms with Crippen molar-refractivity contribution in [2.45, 2.75) is 90.9 Å². The summed E-state index contributed by atoms with van der Waals surface area (Å²) < 4.78 is 5.86. The minimum atomic E-state index is -0.890. The predicted molar refractivity (Wildman–Crippen MR) is 135 cm³/mol. The van der Waals surface area contributed by atoms with E-state index in [0.29, 0.717) is 32.1 Å². The highest BCUT2D eigenvalue weighted by Gasteiger charge is 2.45. The first-order valence-electron chi connectivity index (χ1n) is 12.5. The number of ether oxygens (including phenoxy) is 1. The van der Waals surface area contributed by atoms with Crippen LogP contribution in [0, 0.1) is 5.41 Å². The summed E-state index contributed by atoms with van der Waals surface area (Å²) in [4.78, 5) is 23.7. The quantitative estimate of drug-likeness (QED) is 0.162. The van der Waals surface area contributed by atoms with Crippen LogP contribution in [0.1, 0.15) is 90.9 Å². The Bertz CT molecular complexity index is 565. The van der Waals surface area contributed by atoms with E-state index in [9.17, 15) is 9.59 Å². The number of likely N-dealkylation sites (tertiary alicyclic amines) is 1. The van der Waals surface area contributed by atoms with Gasteiger partial charge in [0.2, 0.25) is 0 Å². The van der Waals surface area contributed by atoms with Crippen molar-refractivity contribution in [3.63, 3.8) is 0 Å². The van der Waals surface area contributed by atoms with Gasteiger partial charge in [0.15, 0.2) is 5.12 Å². The summed E-state index contributed by atoms with van der Waals surface area (Å²) in [5.41, 5.74) is -0.201. The first kappa shape index (κ1) is 28.8. The third-order valence-corrected chi connectivity index (χ3v) is 6.97. The van der Waals surface area contributed by atoms with Gasteiger partial charge in [-0.15, -0.1) is 0 Å². The SMILES string of the molecule is CCCCC/C=C\C/C=C\CCCCCCCCOCC1(CSC(C)=O)CN(C(=O)O)C1. The van der Waals surface area contributed by atoms with Crippen molar-refractivity contribution in [3.05, 3.63) is 24.3 Å². The number of amides is 1. The Kier molecular flexibility index (Phi) is 16.3. The maximum absolute atomic E-state index is 11.3. The molecule has 32 heavy (non-hydrogen) atoms. The lowest BCUT2D eigenvalue weighted by molar-refractivity contribution is -0.109. The van der Waals surface area contributed by atoms with Gasteiger partial charge in [-0.2, -0.15) is 0 Å². The van der Waals surface area contributed by atoms with Gasteiger partial charge in [-0.1, -0.05) is 81.5 Å². The molecule has 0 atom stereocenters. The molecule has 0 spiro atoms. The lowest BCUT2D eigenvalue weighted by Crippen LogP contribution is -2.61. The third-order valence-electron chi connectivity index (χ3n) is 5.80. The van der Waals surface area contributed by atoms with E-state index in [4.69, 9.17) is 9.84 Å². The molecule has 0 unspecified atom stereocenters.